The number of nitrogens with zero attached hydrogens (tertiary/aromatic N) is 7. The number of hydrogen-bond acceptors (Lipinski definition) is 7. The molecule has 3 aromatic heterocycles. The van der Waals surface area contributed by atoms with Gasteiger partial charge in [0.15, 0.2) is 5.65 Å². The second-order valence-corrected chi connectivity index (χ2v) is 10.3. The molecule has 15 heteroatoms. The van der Waals surface area contributed by atoms with E-state index >= 15 is 0 Å². The molecule has 0 saturated heterocycles. The first-order valence-corrected chi connectivity index (χ1v) is 13.7. The van der Waals surface area contributed by atoms with Gasteiger partial charge in [-0.15, -0.1) is 0 Å². The average Bonchev–Trinajstić information content (AvgIpc) is 3.58. The summed E-state index contributed by atoms with van der Waals surface area (Å²) >= 11 is 0. The van der Waals surface area contributed by atoms with Crippen molar-refractivity contribution < 1.29 is 30.9 Å². The molecular weight excluding hydrogens is 575 g/mol. The predicted octanol–water partition coefficient (Wildman–Crippen LogP) is 3.82. The molecule has 0 spiro atoms. The lowest BCUT2D eigenvalue weighted by molar-refractivity contribution is -0.137. The third-order valence-corrected chi connectivity index (χ3v) is 5.50. The van der Waals surface area contributed by atoms with Crippen LogP contribution in [0.15, 0.2) is 73.4 Å². The van der Waals surface area contributed by atoms with Crippen LogP contribution >= 0.6 is 0 Å². The Morgan fingerprint density at radius 1 is 1.05 bits per heavy atom. The lowest BCUT2D eigenvalue weighted by Gasteiger charge is -2.20. The Morgan fingerprint density at radius 3 is 2.43 bits per heavy atom. The van der Waals surface area contributed by atoms with E-state index in [1.54, 1.807) is 60.4 Å². The second kappa shape index (κ2) is 11.8. The van der Waals surface area contributed by atoms with Gasteiger partial charge in [0, 0.05) is 42.3 Å². The predicted molar refractivity (Wildman–Crippen MR) is 147 cm³/mol. The maximum atomic E-state index is 13.6. The topological polar surface area (TPSA) is 136 Å². The fraction of sp³-hybridized carbons (Fsp3) is 0.148. The molecule has 0 saturated carbocycles. The summed E-state index contributed by atoms with van der Waals surface area (Å²) in [5.74, 6) is 5.87. The molecule has 3 heterocycles. The van der Waals surface area contributed by atoms with E-state index in [-0.39, 0.29) is 16.9 Å². The molecule has 1 N–H and O–H groups in total. The number of anilines is 1. The van der Waals surface area contributed by atoms with E-state index in [9.17, 15) is 26.4 Å². The van der Waals surface area contributed by atoms with Crippen molar-refractivity contribution in [2.24, 2.45) is 0 Å². The molecule has 5 rings (SSSR count). The molecular formula is C27H22F3N7O4S. The Bertz CT molecular complexity index is 1930. The van der Waals surface area contributed by atoms with Crippen LogP contribution in [0, 0.1) is 18.8 Å². The van der Waals surface area contributed by atoms with Crippen molar-refractivity contribution in [3.63, 3.8) is 0 Å². The number of fused-ring (bicyclic) bond motifs is 1. The van der Waals surface area contributed by atoms with E-state index in [0.29, 0.717) is 28.9 Å². The van der Waals surface area contributed by atoms with Gasteiger partial charge in [0.2, 0.25) is 0 Å². The Labute approximate surface area is 238 Å². The van der Waals surface area contributed by atoms with Crippen LogP contribution in [0.1, 0.15) is 32.9 Å². The average molecular weight is 598 g/mol. The van der Waals surface area contributed by atoms with Crippen molar-refractivity contribution >= 4 is 27.4 Å². The molecule has 42 heavy (non-hydrogen) atoms. The van der Waals surface area contributed by atoms with Crippen molar-refractivity contribution in [2.75, 3.05) is 18.2 Å². The highest BCUT2D eigenvalue weighted by Crippen LogP contribution is 2.34. The Hall–Kier alpha value is -5.07. The molecule has 1 amide bonds. The van der Waals surface area contributed by atoms with Crippen molar-refractivity contribution in [3.8, 4) is 17.5 Å². The number of hydrogen-bond donors (Lipinski definition) is 1. The largest absolute Gasteiger partial charge is 0.416 e. The van der Waals surface area contributed by atoms with Gasteiger partial charge in [-0.3, -0.25) is 9.35 Å². The smallest absolute Gasteiger partial charge is 0.311 e. The Balaban J connectivity index is 0.000000748. The second-order valence-electron chi connectivity index (χ2n) is 8.88. The fourth-order valence-corrected chi connectivity index (χ4v) is 3.61. The monoisotopic (exact) mass is 597 g/mol. The summed E-state index contributed by atoms with van der Waals surface area (Å²) in [5.41, 5.74) is 1.43. The van der Waals surface area contributed by atoms with Crippen LogP contribution < -0.4 is 4.90 Å². The van der Waals surface area contributed by atoms with Crippen LogP contribution in [-0.2, 0) is 16.3 Å². The van der Waals surface area contributed by atoms with Crippen LogP contribution in [-0.4, -0.2) is 61.5 Å². The first-order valence-electron chi connectivity index (χ1n) is 11.9. The number of carbonyl (C=O) groups excluding carboxylic acids is 1. The van der Waals surface area contributed by atoms with Gasteiger partial charge >= 0.3 is 6.18 Å². The summed E-state index contributed by atoms with van der Waals surface area (Å²) in [7, 11) is -2.25. The molecule has 0 radical (unpaired) electrons. The Kier molecular flexibility index (Phi) is 8.41. The third kappa shape index (κ3) is 7.77. The normalized spacial score (nSPS) is 11.3. The van der Waals surface area contributed by atoms with Crippen molar-refractivity contribution in [2.45, 2.75) is 13.1 Å². The van der Waals surface area contributed by atoms with Gasteiger partial charge < -0.3 is 4.90 Å². The number of rotatable bonds is 3. The number of aromatic nitrogens is 6. The number of halogens is 3. The quantitative estimate of drug-likeness (QED) is 0.245. The van der Waals surface area contributed by atoms with Gasteiger partial charge in [0.25, 0.3) is 16.0 Å². The summed E-state index contributed by atoms with van der Waals surface area (Å²) in [6.07, 6.45) is 2.40. The minimum Gasteiger partial charge on any atom is -0.311 e. The number of amides is 1. The van der Waals surface area contributed by atoms with Crippen molar-refractivity contribution in [1.29, 1.82) is 0 Å². The maximum absolute atomic E-state index is 13.6. The van der Waals surface area contributed by atoms with Crippen molar-refractivity contribution in [1.82, 2.24) is 29.4 Å². The molecule has 0 unspecified atom stereocenters. The molecule has 0 aliphatic carbocycles. The lowest BCUT2D eigenvalue weighted by atomic mass is 10.1. The van der Waals surface area contributed by atoms with E-state index in [2.05, 4.69) is 32.0 Å². The lowest BCUT2D eigenvalue weighted by Crippen LogP contribution is -2.27. The van der Waals surface area contributed by atoms with Crippen molar-refractivity contribution in [3.05, 3.63) is 102 Å². The highest BCUT2D eigenvalue weighted by molar-refractivity contribution is 7.85. The number of aryl methyl sites for hydroxylation is 1. The molecule has 0 fully saturated rings. The summed E-state index contributed by atoms with van der Waals surface area (Å²) in [6.45, 7) is 1.63. The number of carbonyl (C=O) groups is 1. The summed E-state index contributed by atoms with van der Waals surface area (Å²) in [4.78, 5) is 22.6. The number of benzene rings is 2. The molecule has 0 aliphatic heterocycles. The molecule has 5 aromatic rings. The molecule has 0 aliphatic rings. The van der Waals surface area contributed by atoms with Gasteiger partial charge in [0.1, 0.15) is 12.2 Å². The third-order valence-electron chi connectivity index (χ3n) is 5.50. The highest BCUT2D eigenvalue weighted by Gasteiger charge is 2.32. The zero-order valence-electron chi connectivity index (χ0n) is 22.3. The minimum atomic E-state index is -4.62. The van der Waals surface area contributed by atoms with Crippen LogP contribution in [0.25, 0.3) is 11.3 Å². The van der Waals surface area contributed by atoms with E-state index in [1.165, 1.54) is 24.1 Å². The van der Waals surface area contributed by atoms with Gasteiger partial charge in [-0.1, -0.05) is 17.9 Å². The van der Waals surface area contributed by atoms with Gasteiger partial charge in [-0.05, 0) is 43.3 Å². The maximum Gasteiger partial charge on any atom is 0.416 e. The van der Waals surface area contributed by atoms with Crippen LogP contribution in [0.4, 0.5) is 18.9 Å². The molecule has 0 bridgehead atoms. The van der Waals surface area contributed by atoms with Gasteiger partial charge in [-0.2, -0.15) is 31.8 Å². The fourth-order valence-electron chi connectivity index (χ4n) is 3.61. The summed E-state index contributed by atoms with van der Waals surface area (Å²) in [6, 6.07) is 11.7. The highest BCUT2D eigenvalue weighted by atomic mass is 32.2. The van der Waals surface area contributed by atoms with E-state index in [1.807, 2.05) is 0 Å². The molecule has 0 atom stereocenters. The van der Waals surface area contributed by atoms with E-state index in [0.717, 1.165) is 17.0 Å². The molecule has 11 nitrogen and oxygen atoms in total. The SMILES string of the molecule is CS(=O)(=O)O.Cc1ncn(-c2cc(N(C)C(=O)c3cccc(C#Cc4cnc5ccnn5c4)c3)cc(C(F)(F)F)c2)n1. The molecule has 216 valence electrons. The van der Waals surface area contributed by atoms with Crippen LogP contribution in [0.5, 0.6) is 0 Å². The van der Waals surface area contributed by atoms with Crippen LogP contribution in [0.2, 0.25) is 0 Å². The van der Waals surface area contributed by atoms with E-state index in [4.69, 9.17) is 4.55 Å². The summed E-state index contributed by atoms with van der Waals surface area (Å²) in [5, 5.41) is 8.21. The summed E-state index contributed by atoms with van der Waals surface area (Å²) < 4.78 is 69.6. The zero-order valence-corrected chi connectivity index (χ0v) is 23.1. The Morgan fingerprint density at radius 2 is 1.76 bits per heavy atom. The van der Waals surface area contributed by atoms with E-state index < -0.39 is 27.8 Å². The first kappa shape index (κ1) is 29.9. The molecule has 2 aromatic carbocycles. The standard InChI is InChI=1S/C26H18F3N7O.CH4O3S/c1-17-31-16-36(33-17)23-12-21(26(27,28)29)11-22(13-23)34(2)25(37)20-5-3-4-18(10-20)6-7-19-14-30-24-8-9-32-35(24)15-19;1-5(2,3)4/h3-5,8-16H,1-2H3;1H3,(H,2,3,4). The minimum absolute atomic E-state index is 0.0538. The number of alkyl halides is 3. The van der Waals surface area contributed by atoms with Crippen LogP contribution in [0.3, 0.4) is 0 Å². The zero-order chi connectivity index (χ0) is 30.7. The van der Waals surface area contributed by atoms with Gasteiger partial charge in [0.05, 0.1) is 29.3 Å². The van der Waals surface area contributed by atoms with Gasteiger partial charge in [-0.25, -0.2) is 19.2 Å². The first-order chi connectivity index (χ1) is 19.7.